The lowest BCUT2D eigenvalue weighted by Crippen LogP contribution is -2.53. The van der Waals surface area contributed by atoms with Crippen molar-refractivity contribution in [2.24, 2.45) is 0 Å². The second kappa shape index (κ2) is 9.63. The monoisotopic (exact) mass is 406 g/mol. The first kappa shape index (κ1) is 23.5. The van der Waals surface area contributed by atoms with Gasteiger partial charge in [0.1, 0.15) is 11.2 Å². The lowest BCUT2D eigenvalue weighted by Gasteiger charge is -2.31. The van der Waals surface area contributed by atoms with E-state index in [1.165, 1.54) is 0 Å². The number of hydrazine groups is 1. The zero-order chi connectivity index (χ0) is 20.8. The van der Waals surface area contributed by atoms with Crippen LogP contribution >= 0.6 is 12.2 Å². The van der Waals surface area contributed by atoms with E-state index in [9.17, 15) is 14.7 Å². The van der Waals surface area contributed by atoms with Crippen molar-refractivity contribution in [1.82, 2.24) is 10.4 Å². The maximum absolute atomic E-state index is 12.5. The molecule has 0 aromatic heterocycles. The van der Waals surface area contributed by atoms with Gasteiger partial charge in [-0.05, 0) is 53.8 Å². The molecule has 9 nitrogen and oxygen atoms in total. The summed E-state index contributed by atoms with van der Waals surface area (Å²) in [6.45, 7) is 12.1. The molecule has 0 radical (unpaired) electrons. The van der Waals surface area contributed by atoms with Crippen LogP contribution in [0.3, 0.4) is 0 Å². The maximum atomic E-state index is 12.5. The number of esters is 2. The maximum Gasteiger partial charge on any atom is 0.351 e. The number of thiocarbonyl (C=S) groups is 1. The van der Waals surface area contributed by atoms with Gasteiger partial charge in [0.2, 0.25) is 6.10 Å². The number of morpholine rings is 1. The van der Waals surface area contributed by atoms with E-state index < -0.39 is 35.3 Å². The Kier molecular flexibility index (Phi) is 8.40. The third-order valence-electron chi connectivity index (χ3n) is 3.07. The third kappa shape index (κ3) is 9.32. The minimum Gasteiger partial charge on any atom is -0.458 e. The molecule has 0 amide bonds. The zero-order valence-electron chi connectivity index (χ0n) is 16.7. The molecule has 0 aromatic rings. The summed E-state index contributed by atoms with van der Waals surface area (Å²) in [7, 11) is 0. The lowest BCUT2D eigenvalue weighted by molar-refractivity contribution is -0.184. The van der Waals surface area contributed by atoms with Crippen LogP contribution in [-0.2, 0) is 28.5 Å². The molecule has 2 N–H and O–H groups in total. The fraction of sp³-hybridized carbons (Fsp3) is 0.824. The molecule has 2 atom stereocenters. The summed E-state index contributed by atoms with van der Waals surface area (Å²) >= 11 is 5.10. The fourth-order valence-corrected chi connectivity index (χ4v) is 2.27. The molecule has 0 unspecified atom stereocenters. The Morgan fingerprint density at radius 3 is 2.00 bits per heavy atom. The van der Waals surface area contributed by atoms with Gasteiger partial charge in [-0.25, -0.2) is 14.6 Å². The third-order valence-corrected chi connectivity index (χ3v) is 3.26. The highest BCUT2D eigenvalue weighted by molar-refractivity contribution is 7.80. The smallest absolute Gasteiger partial charge is 0.351 e. The standard InChI is InChI=1S/C17H30N2O7S/c1-16(2,3)25-13(21)11(20)12(14(22)26-17(4,5)6)24-15(27)18-19-7-9-23-10-8-19/h11-12,20H,7-10H2,1-6H3,(H,18,27)/t11-,12-/m1/s1. The first-order valence-electron chi connectivity index (χ1n) is 8.72. The van der Waals surface area contributed by atoms with Crippen molar-refractivity contribution in [3.8, 4) is 0 Å². The Hall–Kier alpha value is -1.49. The van der Waals surface area contributed by atoms with Gasteiger partial charge in [-0.2, -0.15) is 0 Å². The minimum absolute atomic E-state index is 0.171. The fourth-order valence-electron chi connectivity index (χ4n) is 2.03. The van der Waals surface area contributed by atoms with Crippen LogP contribution in [0.15, 0.2) is 0 Å². The number of aliphatic hydroxyl groups is 1. The predicted molar refractivity (Wildman–Crippen MR) is 101 cm³/mol. The summed E-state index contributed by atoms with van der Waals surface area (Å²) in [5, 5.41) is 11.9. The van der Waals surface area contributed by atoms with E-state index in [2.05, 4.69) is 5.43 Å². The quantitative estimate of drug-likeness (QED) is 0.496. The Bertz CT molecular complexity index is 536. The molecule has 1 saturated heterocycles. The van der Waals surface area contributed by atoms with Crippen LogP contribution in [0, 0.1) is 0 Å². The van der Waals surface area contributed by atoms with E-state index >= 15 is 0 Å². The van der Waals surface area contributed by atoms with Gasteiger partial charge in [-0.1, -0.05) is 0 Å². The molecular formula is C17H30N2O7S. The molecule has 1 heterocycles. The van der Waals surface area contributed by atoms with Crippen molar-refractivity contribution in [3.63, 3.8) is 0 Å². The van der Waals surface area contributed by atoms with Crippen LogP contribution in [-0.4, -0.2) is 76.9 Å². The number of carbonyl (C=O) groups is 2. The van der Waals surface area contributed by atoms with Crippen LogP contribution in [0.4, 0.5) is 0 Å². The molecule has 0 bridgehead atoms. The van der Waals surface area contributed by atoms with Gasteiger partial charge in [0, 0.05) is 13.1 Å². The SMILES string of the molecule is CC(C)(C)OC(=O)[C@H](O)[C@@H](OC(=S)NN1CCOCC1)C(=O)OC(C)(C)C. The van der Waals surface area contributed by atoms with E-state index in [-0.39, 0.29) is 5.17 Å². The Morgan fingerprint density at radius 2 is 1.52 bits per heavy atom. The molecule has 27 heavy (non-hydrogen) atoms. The van der Waals surface area contributed by atoms with Gasteiger partial charge < -0.3 is 24.1 Å². The molecule has 1 fully saturated rings. The van der Waals surface area contributed by atoms with Crippen molar-refractivity contribution in [2.45, 2.75) is 65.0 Å². The minimum atomic E-state index is -1.90. The molecular weight excluding hydrogens is 376 g/mol. The van der Waals surface area contributed by atoms with Gasteiger partial charge in [-0.3, -0.25) is 5.43 Å². The topological polar surface area (TPSA) is 107 Å². The zero-order valence-corrected chi connectivity index (χ0v) is 17.6. The molecule has 0 spiro atoms. The predicted octanol–water partition coefficient (Wildman–Crippen LogP) is 0.538. The number of carbonyl (C=O) groups excluding carboxylic acids is 2. The number of rotatable bonds is 5. The first-order valence-corrected chi connectivity index (χ1v) is 9.13. The van der Waals surface area contributed by atoms with Crippen LogP contribution in [0.5, 0.6) is 0 Å². The first-order chi connectivity index (χ1) is 12.3. The van der Waals surface area contributed by atoms with Crippen molar-refractivity contribution in [3.05, 3.63) is 0 Å². The number of nitrogens with zero attached hydrogens (tertiary/aromatic N) is 1. The van der Waals surface area contributed by atoms with Gasteiger partial charge in [0.25, 0.3) is 5.17 Å². The van der Waals surface area contributed by atoms with Crippen LogP contribution in [0.1, 0.15) is 41.5 Å². The van der Waals surface area contributed by atoms with Gasteiger partial charge >= 0.3 is 11.9 Å². The molecule has 1 rings (SSSR count). The molecule has 156 valence electrons. The molecule has 0 saturated carbocycles. The summed E-state index contributed by atoms with van der Waals surface area (Å²) in [5.41, 5.74) is 1.11. The van der Waals surface area contributed by atoms with Gasteiger partial charge in [-0.15, -0.1) is 0 Å². The summed E-state index contributed by atoms with van der Waals surface area (Å²) in [6, 6.07) is 0. The number of hydrogen-bond donors (Lipinski definition) is 2. The second-order valence-electron chi connectivity index (χ2n) is 8.05. The number of aliphatic hydroxyl groups excluding tert-OH is 1. The Balaban J connectivity index is 2.84. The van der Waals surface area contributed by atoms with Crippen LogP contribution in [0.25, 0.3) is 0 Å². The van der Waals surface area contributed by atoms with Gasteiger partial charge in [0.15, 0.2) is 6.10 Å². The summed E-state index contributed by atoms with van der Waals surface area (Å²) in [5.74, 6) is -1.93. The number of ether oxygens (including phenoxy) is 4. The van der Waals surface area contributed by atoms with Crippen LogP contribution < -0.4 is 5.43 Å². The van der Waals surface area contributed by atoms with Crippen LogP contribution in [0.2, 0.25) is 0 Å². The molecule has 1 aliphatic rings. The van der Waals surface area contributed by atoms with Crippen molar-refractivity contribution >= 4 is 29.3 Å². The summed E-state index contributed by atoms with van der Waals surface area (Å²) in [4.78, 5) is 24.7. The van der Waals surface area contributed by atoms with E-state index in [1.54, 1.807) is 46.6 Å². The lowest BCUT2D eigenvalue weighted by atomic mass is 10.1. The molecule has 0 aromatic carbocycles. The largest absolute Gasteiger partial charge is 0.458 e. The molecule has 1 aliphatic heterocycles. The van der Waals surface area contributed by atoms with Crippen molar-refractivity contribution in [1.29, 1.82) is 0 Å². The average molecular weight is 407 g/mol. The summed E-state index contributed by atoms with van der Waals surface area (Å²) in [6.07, 6.45) is -3.57. The second-order valence-corrected chi connectivity index (χ2v) is 8.42. The number of hydrogen-bond acceptors (Lipinski definition) is 9. The molecule has 10 heteroatoms. The van der Waals surface area contributed by atoms with E-state index in [0.717, 1.165) is 0 Å². The highest BCUT2D eigenvalue weighted by atomic mass is 32.1. The summed E-state index contributed by atoms with van der Waals surface area (Å²) < 4.78 is 21.0. The number of nitrogens with one attached hydrogen (secondary N) is 1. The Morgan fingerprint density at radius 1 is 1.04 bits per heavy atom. The van der Waals surface area contributed by atoms with E-state index in [0.29, 0.717) is 26.3 Å². The van der Waals surface area contributed by atoms with Crippen molar-refractivity contribution < 1.29 is 33.6 Å². The van der Waals surface area contributed by atoms with E-state index in [1.807, 2.05) is 0 Å². The normalized spacial score (nSPS) is 18.2. The van der Waals surface area contributed by atoms with E-state index in [4.69, 9.17) is 31.2 Å². The Labute approximate surface area is 165 Å². The van der Waals surface area contributed by atoms with Crippen molar-refractivity contribution in [2.75, 3.05) is 26.3 Å². The highest BCUT2D eigenvalue weighted by Gasteiger charge is 2.40. The highest BCUT2D eigenvalue weighted by Crippen LogP contribution is 2.16. The van der Waals surface area contributed by atoms with Gasteiger partial charge in [0.05, 0.1) is 13.2 Å². The molecule has 0 aliphatic carbocycles. The average Bonchev–Trinajstić information content (AvgIpc) is 2.49.